The van der Waals surface area contributed by atoms with E-state index >= 15 is 0 Å². The van der Waals surface area contributed by atoms with Crippen LogP contribution in [0.2, 0.25) is 0 Å². The van der Waals surface area contributed by atoms with Gasteiger partial charge in [-0.05, 0) is 41.3 Å². The first-order valence-electron chi connectivity index (χ1n) is 5.95. The molecule has 88 valence electrons. The summed E-state index contributed by atoms with van der Waals surface area (Å²) < 4.78 is 5.23. The molecule has 1 heteroatoms. The summed E-state index contributed by atoms with van der Waals surface area (Å²) in [5.41, 5.74) is 1.35. The van der Waals surface area contributed by atoms with E-state index in [9.17, 15) is 0 Å². The van der Waals surface area contributed by atoms with Gasteiger partial charge in [0.1, 0.15) is 5.75 Å². The molecule has 0 amide bonds. The van der Waals surface area contributed by atoms with E-state index in [0.29, 0.717) is 5.92 Å². The molecule has 2 aromatic carbocycles. The first kappa shape index (κ1) is 11.7. The highest BCUT2D eigenvalue weighted by Gasteiger charge is 2.03. The molecule has 0 aromatic heterocycles. The van der Waals surface area contributed by atoms with Crippen LogP contribution in [0.15, 0.2) is 48.6 Å². The average Bonchev–Trinajstić information content (AvgIpc) is 2.37. The minimum absolute atomic E-state index is 0.464. The topological polar surface area (TPSA) is 9.23 Å². The molecule has 1 atom stereocenters. The molecule has 0 bridgehead atoms. The van der Waals surface area contributed by atoms with Crippen molar-refractivity contribution in [1.29, 1.82) is 0 Å². The Labute approximate surface area is 103 Å². The van der Waals surface area contributed by atoms with Crippen LogP contribution < -0.4 is 4.74 Å². The monoisotopic (exact) mass is 226 g/mol. The Balaban J connectivity index is 2.44. The summed E-state index contributed by atoms with van der Waals surface area (Å²) in [6.07, 6.45) is 4.31. The van der Waals surface area contributed by atoms with Crippen molar-refractivity contribution in [3.8, 4) is 5.75 Å². The molecule has 0 aliphatic rings. The van der Waals surface area contributed by atoms with Crippen LogP contribution in [-0.4, -0.2) is 7.11 Å². The molecule has 0 fully saturated rings. The van der Waals surface area contributed by atoms with Gasteiger partial charge >= 0.3 is 0 Å². The molecular formula is C16H18O. The molecular weight excluding hydrogens is 208 g/mol. The Hall–Kier alpha value is -1.76. The van der Waals surface area contributed by atoms with E-state index in [2.05, 4.69) is 56.3 Å². The van der Waals surface area contributed by atoms with Crippen LogP contribution in [-0.2, 0) is 0 Å². The second-order valence-electron chi connectivity index (χ2n) is 4.29. The van der Waals surface area contributed by atoms with Gasteiger partial charge < -0.3 is 4.74 Å². The standard InChI is InChI=1S/C16H18O/c1-4-5-12(2)13-6-7-15-11-16(17-3)9-8-14(15)10-13/h4-12H,1-3H3/b5-4+. The van der Waals surface area contributed by atoms with Crippen LogP contribution >= 0.6 is 0 Å². The lowest BCUT2D eigenvalue weighted by molar-refractivity contribution is 0.415. The van der Waals surface area contributed by atoms with Gasteiger partial charge in [0.2, 0.25) is 0 Å². The Kier molecular flexibility index (Phi) is 3.48. The van der Waals surface area contributed by atoms with Gasteiger partial charge in [-0.25, -0.2) is 0 Å². The normalized spacial score (nSPS) is 13.1. The smallest absolute Gasteiger partial charge is 0.119 e. The fourth-order valence-corrected chi connectivity index (χ4v) is 2.05. The second-order valence-corrected chi connectivity index (χ2v) is 4.29. The van der Waals surface area contributed by atoms with E-state index in [-0.39, 0.29) is 0 Å². The molecule has 0 aliphatic heterocycles. The lowest BCUT2D eigenvalue weighted by atomic mass is 9.97. The summed E-state index contributed by atoms with van der Waals surface area (Å²) in [4.78, 5) is 0. The molecule has 1 unspecified atom stereocenters. The summed E-state index contributed by atoms with van der Waals surface area (Å²) in [6, 6.07) is 12.8. The molecule has 2 rings (SSSR count). The highest BCUT2D eigenvalue weighted by molar-refractivity contribution is 5.84. The first-order chi connectivity index (χ1) is 8.24. The molecule has 0 radical (unpaired) electrons. The van der Waals surface area contributed by atoms with Crippen LogP contribution in [0.4, 0.5) is 0 Å². The zero-order valence-electron chi connectivity index (χ0n) is 10.6. The summed E-state index contributed by atoms with van der Waals surface area (Å²) in [5.74, 6) is 1.37. The van der Waals surface area contributed by atoms with Crippen molar-refractivity contribution in [2.24, 2.45) is 0 Å². The molecule has 0 saturated heterocycles. The summed E-state index contributed by atoms with van der Waals surface area (Å²) in [6.45, 7) is 4.27. The molecule has 0 spiro atoms. The zero-order valence-corrected chi connectivity index (χ0v) is 10.6. The molecule has 0 N–H and O–H groups in total. The molecule has 1 nitrogen and oxygen atoms in total. The van der Waals surface area contributed by atoms with E-state index in [4.69, 9.17) is 4.74 Å². The number of methoxy groups -OCH3 is 1. The van der Waals surface area contributed by atoms with E-state index < -0.39 is 0 Å². The average molecular weight is 226 g/mol. The minimum atomic E-state index is 0.464. The summed E-state index contributed by atoms with van der Waals surface area (Å²) in [7, 11) is 1.70. The molecule has 2 aromatic rings. The number of hydrogen-bond donors (Lipinski definition) is 0. The van der Waals surface area contributed by atoms with Crippen molar-refractivity contribution >= 4 is 10.8 Å². The van der Waals surface area contributed by atoms with Gasteiger partial charge in [0.15, 0.2) is 0 Å². The third kappa shape index (κ3) is 2.50. The Morgan fingerprint density at radius 2 is 1.76 bits per heavy atom. The lowest BCUT2D eigenvalue weighted by Gasteiger charge is -2.09. The van der Waals surface area contributed by atoms with E-state index in [1.165, 1.54) is 16.3 Å². The Morgan fingerprint density at radius 3 is 2.47 bits per heavy atom. The summed E-state index contributed by atoms with van der Waals surface area (Å²) >= 11 is 0. The van der Waals surface area contributed by atoms with Gasteiger partial charge in [-0.15, -0.1) is 0 Å². The van der Waals surface area contributed by atoms with Crippen molar-refractivity contribution in [3.63, 3.8) is 0 Å². The van der Waals surface area contributed by atoms with Gasteiger partial charge in [-0.3, -0.25) is 0 Å². The van der Waals surface area contributed by atoms with Crippen molar-refractivity contribution in [2.75, 3.05) is 7.11 Å². The van der Waals surface area contributed by atoms with Crippen molar-refractivity contribution in [3.05, 3.63) is 54.1 Å². The van der Waals surface area contributed by atoms with Gasteiger partial charge in [0.25, 0.3) is 0 Å². The second kappa shape index (κ2) is 5.05. The van der Waals surface area contributed by atoms with Crippen molar-refractivity contribution in [1.82, 2.24) is 0 Å². The van der Waals surface area contributed by atoms with Gasteiger partial charge in [-0.2, -0.15) is 0 Å². The van der Waals surface area contributed by atoms with E-state index in [1.54, 1.807) is 7.11 Å². The third-order valence-corrected chi connectivity index (χ3v) is 3.08. The highest BCUT2D eigenvalue weighted by atomic mass is 16.5. The third-order valence-electron chi connectivity index (χ3n) is 3.08. The SMILES string of the molecule is C/C=C/C(C)c1ccc2cc(OC)ccc2c1. The fraction of sp³-hybridized carbons (Fsp3) is 0.250. The zero-order chi connectivity index (χ0) is 12.3. The first-order valence-corrected chi connectivity index (χ1v) is 5.95. The minimum Gasteiger partial charge on any atom is -0.497 e. The Morgan fingerprint density at radius 1 is 1.06 bits per heavy atom. The maximum Gasteiger partial charge on any atom is 0.119 e. The van der Waals surface area contributed by atoms with Gasteiger partial charge in [-0.1, -0.05) is 43.3 Å². The maximum absolute atomic E-state index is 5.23. The van der Waals surface area contributed by atoms with E-state index in [1.807, 2.05) is 6.07 Å². The number of ether oxygens (including phenoxy) is 1. The largest absolute Gasteiger partial charge is 0.497 e. The number of benzene rings is 2. The molecule has 0 saturated carbocycles. The van der Waals surface area contributed by atoms with Crippen LogP contribution in [0.5, 0.6) is 5.75 Å². The highest BCUT2D eigenvalue weighted by Crippen LogP contribution is 2.25. The van der Waals surface area contributed by atoms with E-state index in [0.717, 1.165) is 5.75 Å². The number of rotatable bonds is 3. The van der Waals surface area contributed by atoms with Crippen molar-refractivity contribution < 1.29 is 4.74 Å². The predicted molar refractivity (Wildman–Crippen MR) is 73.7 cm³/mol. The fourth-order valence-electron chi connectivity index (χ4n) is 2.05. The number of allylic oxidation sites excluding steroid dienone is 2. The number of fused-ring (bicyclic) bond motifs is 1. The van der Waals surface area contributed by atoms with Crippen LogP contribution in [0.1, 0.15) is 25.3 Å². The lowest BCUT2D eigenvalue weighted by Crippen LogP contribution is -1.89. The van der Waals surface area contributed by atoms with Crippen LogP contribution in [0, 0.1) is 0 Å². The molecule has 17 heavy (non-hydrogen) atoms. The van der Waals surface area contributed by atoms with Crippen molar-refractivity contribution in [2.45, 2.75) is 19.8 Å². The summed E-state index contributed by atoms with van der Waals surface area (Å²) in [5, 5.41) is 2.49. The van der Waals surface area contributed by atoms with Crippen LogP contribution in [0.25, 0.3) is 10.8 Å². The Bertz CT molecular complexity index is 540. The quantitative estimate of drug-likeness (QED) is 0.699. The van der Waals surface area contributed by atoms with Gasteiger partial charge in [0.05, 0.1) is 7.11 Å². The maximum atomic E-state index is 5.23. The predicted octanol–water partition coefficient (Wildman–Crippen LogP) is 4.53. The van der Waals surface area contributed by atoms with Crippen LogP contribution in [0.3, 0.4) is 0 Å². The molecule has 0 aliphatic carbocycles. The molecule has 0 heterocycles. The van der Waals surface area contributed by atoms with Gasteiger partial charge in [0, 0.05) is 0 Å². The number of hydrogen-bond acceptors (Lipinski definition) is 1.